The van der Waals surface area contributed by atoms with E-state index >= 15 is 0 Å². The zero-order chi connectivity index (χ0) is 14.0. The van der Waals surface area contributed by atoms with Crippen molar-refractivity contribution in [1.29, 1.82) is 0 Å². The van der Waals surface area contributed by atoms with Gasteiger partial charge in [0, 0.05) is 17.8 Å². The van der Waals surface area contributed by atoms with Crippen molar-refractivity contribution in [2.45, 2.75) is 39.7 Å². The van der Waals surface area contributed by atoms with Crippen LogP contribution in [0, 0.1) is 6.92 Å². The lowest BCUT2D eigenvalue weighted by Gasteiger charge is -2.20. The normalized spacial score (nSPS) is 11.8. The Morgan fingerprint density at radius 2 is 1.95 bits per heavy atom. The summed E-state index contributed by atoms with van der Waals surface area (Å²) in [6.07, 6.45) is 0. The maximum atomic E-state index is 4.42. The molecule has 19 heavy (non-hydrogen) atoms. The Morgan fingerprint density at radius 1 is 1.21 bits per heavy atom. The monoisotopic (exact) mass is 257 g/mol. The molecule has 0 saturated heterocycles. The zero-order valence-electron chi connectivity index (χ0n) is 12.5. The zero-order valence-corrected chi connectivity index (χ0v) is 12.5. The minimum atomic E-state index is 0.159. The van der Waals surface area contributed by atoms with E-state index in [1.807, 2.05) is 7.05 Å². The number of aryl methyl sites for hydroxylation is 1. The van der Waals surface area contributed by atoms with Crippen LogP contribution < -0.4 is 5.32 Å². The molecule has 0 radical (unpaired) electrons. The van der Waals surface area contributed by atoms with Crippen LogP contribution in [-0.2, 0) is 12.0 Å². The van der Waals surface area contributed by atoms with Crippen LogP contribution in [0.5, 0.6) is 0 Å². The van der Waals surface area contributed by atoms with E-state index in [0.29, 0.717) is 0 Å². The van der Waals surface area contributed by atoms with Gasteiger partial charge in [0.15, 0.2) is 0 Å². The molecule has 1 heterocycles. The summed E-state index contributed by atoms with van der Waals surface area (Å²) >= 11 is 0. The van der Waals surface area contributed by atoms with E-state index in [1.165, 1.54) is 16.7 Å². The SMILES string of the molecule is CNCc1cc(-c2cc(C(C)(C)C)ccc2C)n[nH]1. The van der Waals surface area contributed by atoms with Crippen LogP contribution in [0.3, 0.4) is 0 Å². The summed E-state index contributed by atoms with van der Waals surface area (Å²) in [5, 5.41) is 10.6. The van der Waals surface area contributed by atoms with Crippen molar-refractivity contribution in [3.63, 3.8) is 0 Å². The number of nitrogens with zero attached hydrogens (tertiary/aromatic N) is 1. The van der Waals surface area contributed by atoms with Crippen LogP contribution in [0.2, 0.25) is 0 Å². The number of hydrogen-bond acceptors (Lipinski definition) is 2. The topological polar surface area (TPSA) is 40.7 Å². The molecule has 0 aliphatic rings. The fourth-order valence-corrected chi connectivity index (χ4v) is 2.15. The van der Waals surface area contributed by atoms with Gasteiger partial charge in [-0.1, -0.05) is 32.9 Å². The Labute approximate surface area is 115 Å². The van der Waals surface area contributed by atoms with Gasteiger partial charge in [-0.2, -0.15) is 5.10 Å². The molecular weight excluding hydrogens is 234 g/mol. The predicted molar refractivity (Wildman–Crippen MR) is 80.2 cm³/mol. The maximum Gasteiger partial charge on any atom is 0.0926 e. The Bertz CT molecular complexity index is 562. The molecule has 0 atom stereocenters. The molecule has 0 fully saturated rings. The molecule has 2 rings (SSSR count). The number of nitrogens with one attached hydrogen (secondary N) is 2. The summed E-state index contributed by atoms with van der Waals surface area (Å²) in [5.41, 5.74) is 6.10. The van der Waals surface area contributed by atoms with Crippen LogP contribution in [0.1, 0.15) is 37.6 Å². The van der Waals surface area contributed by atoms with Gasteiger partial charge in [-0.3, -0.25) is 5.10 Å². The molecule has 2 N–H and O–H groups in total. The summed E-state index contributed by atoms with van der Waals surface area (Å²) in [7, 11) is 1.94. The van der Waals surface area contributed by atoms with Gasteiger partial charge >= 0.3 is 0 Å². The molecule has 3 heteroatoms. The molecule has 1 aromatic carbocycles. The third kappa shape index (κ3) is 3.04. The lowest BCUT2D eigenvalue weighted by atomic mass is 9.85. The highest BCUT2D eigenvalue weighted by Gasteiger charge is 2.16. The molecule has 3 nitrogen and oxygen atoms in total. The smallest absolute Gasteiger partial charge is 0.0926 e. The summed E-state index contributed by atoms with van der Waals surface area (Å²) in [6, 6.07) is 8.77. The Morgan fingerprint density at radius 3 is 2.58 bits per heavy atom. The van der Waals surface area contributed by atoms with Gasteiger partial charge in [0.25, 0.3) is 0 Å². The van der Waals surface area contributed by atoms with Crippen LogP contribution in [-0.4, -0.2) is 17.2 Å². The number of hydrogen-bond donors (Lipinski definition) is 2. The number of benzene rings is 1. The fourth-order valence-electron chi connectivity index (χ4n) is 2.15. The Balaban J connectivity index is 2.42. The van der Waals surface area contributed by atoms with Gasteiger partial charge in [0.2, 0.25) is 0 Å². The second-order valence-corrected chi connectivity index (χ2v) is 6.09. The summed E-state index contributed by atoms with van der Waals surface area (Å²) in [6.45, 7) is 9.65. The molecule has 2 aromatic rings. The van der Waals surface area contributed by atoms with E-state index in [9.17, 15) is 0 Å². The van der Waals surface area contributed by atoms with E-state index in [0.717, 1.165) is 17.9 Å². The second-order valence-electron chi connectivity index (χ2n) is 6.09. The summed E-state index contributed by atoms with van der Waals surface area (Å²) in [4.78, 5) is 0. The molecule has 0 unspecified atom stereocenters. The Hall–Kier alpha value is -1.61. The lowest BCUT2D eigenvalue weighted by molar-refractivity contribution is 0.590. The minimum Gasteiger partial charge on any atom is -0.314 e. The van der Waals surface area contributed by atoms with E-state index in [4.69, 9.17) is 0 Å². The van der Waals surface area contributed by atoms with Crippen molar-refractivity contribution in [2.75, 3.05) is 7.05 Å². The number of aromatic nitrogens is 2. The van der Waals surface area contributed by atoms with Gasteiger partial charge in [-0.05, 0) is 42.6 Å². The van der Waals surface area contributed by atoms with Crippen LogP contribution in [0.25, 0.3) is 11.3 Å². The van der Waals surface area contributed by atoms with E-state index in [1.54, 1.807) is 0 Å². The van der Waals surface area contributed by atoms with Crippen molar-refractivity contribution in [3.05, 3.63) is 41.1 Å². The fraction of sp³-hybridized carbons (Fsp3) is 0.438. The number of rotatable bonds is 3. The minimum absolute atomic E-state index is 0.159. The summed E-state index contributed by atoms with van der Waals surface area (Å²) < 4.78 is 0. The van der Waals surface area contributed by atoms with Crippen molar-refractivity contribution >= 4 is 0 Å². The van der Waals surface area contributed by atoms with Crippen molar-refractivity contribution in [2.24, 2.45) is 0 Å². The van der Waals surface area contributed by atoms with Gasteiger partial charge < -0.3 is 5.32 Å². The van der Waals surface area contributed by atoms with E-state index in [-0.39, 0.29) is 5.41 Å². The van der Waals surface area contributed by atoms with Crippen LogP contribution >= 0.6 is 0 Å². The first kappa shape index (κ1) is 13.8. The lowest BCUT2D eigenvalue weighted by Crippen LogP contribution is -2.11. The quantitative estimate of drug-likeness (QED) is 0.884. The molecular formula is C16H23N3. The molecule has 0 bridgehead atoms. The first-order chi connectivity index (χ1) is 8.91. The molecule has 0 aliphatic carbocycles. The average Bonchev–Trinajstić information content (AvgIpc) is 2.77. The number of H-pyrrole nitrogens is 1. The van der Waals surface area contributed by atoms with Crippen LogP contribution in [0.4, 0.5) is 0 Å². The van der Waals surface area contributed by atoms with Crippen LogP contribution in [0.15, 0.2) is 24.3 Å². The highest BCUT2D eigenvalue weighted by atomic mass is 15.1. The maximum absolute atomic E-state index is 4.42. The first-order valence-electron chi connectivity index (χ1n) is 6.72. The molecule has 0 saturated carbocycles. The highest BCUT2D eigenvalue weighted by molar-refractivity contribution is 5.65. The summed E-state index contributed by atoms with van der Waals surface area (Å²) in [5.74, 6) is 0. The standard InChI is InChI=1S/C16H23N3/c1-11-6-7-12(16(2,3)4)8-14(11)15-9-13(10-17-5)18-19-15/h6-9,17H,10H2,1-5H3,(H,18,19). The predicted octanol–water partition coefficient (Wildman–Crippen LogP) is 3.40. The van der Waals surface area contributed by atoms with Gasteiger partial charge in [0.1, 0.15) is 0 Å². The highest BCUT2D eigenvalue weighted by Crippen LogP contribution is 2.29. The molecule has 0 amide bonds. The largest absolute Gasteiger partial charge is 0.314 e. The third-order valence-corrected chi connectivity index (χ3v) is 3.38. The molecule has 0 aliphatic heterocycles. The number of aromatic amines is 1. The van der Waals surface area contributed by atoms with E-state index in [2.05, 4.69) is 67.5 Å². The molecule has 1 aromatic heterocycles. The van der Waals surface area contributed by atoms with Gasteiger partial charge in [0.05, 0.1) is 5.69 Å². The van der Waals surface area contributed by atoms with Gasteiger partial charge in [-0.15, -0.1) is 0 Å². The van der Waals surface area contributed by atoms with Crippen molar-refractivity contribution < 1.29 is 0 Å². The van der Waals surface area contributed by atoms with E-state index < -0.39 is 0 Å². The average molecular weight is 257 g/mol. The first-order valence-corrected chi connectivity index (χ1v) is 6.72. The van der Waals surface area contributed by atoms with Crippen molar-refractivity contribution in [3.8, 4) is 11.3 Å². The third-order valence-electron chi connectivity index (χ3n) is 3.38. The molecule has 0 spiro atoms. The second kappa shape index (κ2) is 5.17. The van der Waals surface area contributed by atoms with Gasteiger partial charge in [-0.25, -0.2) is 0 Å². The Kier molecular flexibility index (Phi) is 3.76. The molecule has 102 valence electrons. The van der Waals surface area contributed by atoms with Crippen molar-refractivity contribution in [1.82, 2.24) is 15.5 Å².